The van der Waals surface area contributed by atoms with Crippen LogP contribution in [0.25, 0.3) is 0 Å². The Hall–Kier alpha value is -1.47. The maximum absolute atomic E-state index is 11.5. The number of hydrogen-bond donors (Lipinski definition) is 1. The fraction of sp³-hybridized carbons (Fsp3) is 0.417. The molecule has 0 radical (unpaired) electrons. The topological polar surface area (TPSA) is 64.1 Å². The minimum Gasteiger partial charge on any atom is -0.465 e. The highest BCUT2D eigenvalue weighted by Crippen LogP contribution is 2.29. The highest BCUT2D eigenvalue weighted by Gasteiger charge is 2.18. The number of ether oxygens (including phenoxy) is 1. The van der Waals surface area contributed by atoms with Gasteiger partial charge >= 0.3 is 5.97 Å². The molecular formula is C12H15N3O2S2. The molecule has 1 atom stereocenters. The van der Waals surface area contributed by atoms with E-state index in [0.29, 0.717) is 10.6 Å². The molecule has 2 rings (SSSR count). The lowest BCUT2D eigenvalue weighted by atomic mass is 10.2. The minimum atomic E-state index is -0.342. The fourth-order valence-corrected chi connectivity index (χ4v) is 3.34. The number of esters is 1. The second-order valence-corrected chi connectivity index (χ2v) is 5.83. The molecule has 0 aromatic carbocycles. The van der Waals surface area contributed by atoms with Crippen LogP contribution in [-0.2, 0) is 4.74 Å². The second kappa shape index (κ2) is 6.12. The van der Waals surface area contributed by atoms with Gasteiger partial charge in [-0.3, -0.25) is 0 Å². The minimum absolute atomic E-state index is 0.121. The summed E-state index contributed by atoms with van der Waals surface area (Å²) < 4.78 is 4.73. The second-order valence-electron chi connectivity index (χ2n) is 3.90. The lowest BCUT2D eigenvalue weighted by molar-refractivity contribution is 0.0605. The summed E-state index contributed by atoms with van der Waals surface area (Å²) in [4.78, 5) is 20.7. The van der Waals surface area contributed by atoms with Crippen molar-refractivity contribution in [2.45, 2.75) is 26.3 Å². The van der Waals surface area contributed by atoms with Gasteiger partial charge in [-0.15, -0.1) is 11.3 Å². The van der Waals surface area contributed by atoms with Crippen molar-refractivity contribution in [2.75, 3.05) is 12.4 Å². The fourth-order valence-electron chi connectivity index (χ4n) is 1.63. The van der Waals surface area contributed by atoms with Crippen LogP contribution in [0.5, 0.6) is 0 Å². The van der Waals surface area contributed by atoms with Crippen LogP contribution in [0.4, 0.5) is 5.13 Å². The van der Waals surface area contributed by atoms with Gasteiger partial charge in [0.2, 0.25) is 0 Å². The molecular weight excluding hydrogens is 282 g/mol. The lowest BCUT2D eigenvalue weighted by Crippen LogP contribution is -2.08. The quantitative estimate of drug-likeness (QED) is 0.858. The largest absolute Gasteiger partial charge is 0.465 e. The van der Waals surface area contributed by atoms with Gasteiger partial charge in [-0.1, -0.05) is 18.3 Å². The summed E-state index contributed by atoms with van der Waals surface area (Å²) in [7, 11) is 1.37. The van der Waals surface area contributed by atoms with E-state index in [1.165, 1.54) is 18.4 Å². The summed E-state index contributed by atoms with van der Waals surface area (Å²) in [5, 5.41) is 7.02. The number of nitrogens with zero attached hydrogens (tertiary/aromatic N) is 2. The van der Waals surface area contributed by atoms with Crippen molar-refractivity contribution in [2.24, 2.45) is 0 Å². The van der Waals surface area contributed by atoms with Crippen molar-refractivity contribution in [3.8, 4) is 0 Å². The average molecular weight is 297 g/mol. The Labute approximate surface area is 119 Å². The Morgan fingerprint density at radius 1 is 1.58 bits per heavy atom. The molecule has 0 bridgehead atoms. The molecule has 0 spiro atoms. The van der Waals surface area contributed by atoms with Crippen molar-refractivity contribution in [1.29, 1.82) is 0 Å². The Bertz CT molecular complexity index is 551. The summed E-state index contributed by atoms with van der Waals surface area (Å²) in [5.74, 6) is -0.342. The molecule has 2 aromatic heterocycles. The van der Waals surface area contributed by atoms with Crippen LogP contribution in [0, 0.1) is 6.92 Å². The number of rotatable bonds is 5. The predicted molar refractivity (Wildman–Crippen MR) is 77.0 cm³/mol. The van der Waals surface area contributed by atoms with Crippen molar-refractivity contribution >= 4 is 33.8 Å². The molecule has 0 amide bonds. The number of methoxy groups -OCH3 is 1. The first-order chi connectivity index (χ1) is 9.15. The van der Waals surface area contributed by atoms with Gasteiger partial charge in [-0.25, -0.2) is 14.8 Å². The third-order valence-electron chi connectivity index (χ3n) is 2.62. The van der Waals surface area contributed by atoms with Crippen LogP contribution in [-0.4, -0.2) is 23.0 Å². The molecule has 0 aliphatic heterocycles. The molecule has 19 heavy (non-hydrogen) atoms. The number of carbonyl (C=O) groups excluding carboxylic acids is 1. The number of aromatic nitrogens is 2. The van der Waals surface area contributed by atoms with Crippen molar-refractivity contribution in [3.05, 3.63) is 27.2 Å². The van der Waals surface area contributed by atoms with Gasteiger partial charge < -0.3 is 10.1 Å². The summed E-state index contributed by atoms with van der Waals surface area (Å²) in [6, 6.07) is 0.121. The molecule has 102 valence electrons. The molecule has 0 aliphatic rings. The molecule has 1 unspecified atom stereocenters. The van der Waals surface area contributed by atoms with E-state index in [9.17, 15) is 4.79 Å². The van der Waals surface area contributed by atoms with E-state index >= 15 is 0 Å². The maximum Gasteiger partial charge on any atom is 0.350 e. The summed E-state index contributed by atoms with van der Waals surface area (Å²) >= 11 is 2.92. The normalized spacial score (nSPS) is 12.2. The maximum atomic E-state index is 11.5. The van der Waals surface area contributed by atoms with E-state index in [4.69, 9.17) is 4.74 Å². The van der Waals surface area contributed by atoms with Gasteiger partial charge in [0.05, 0.1) is 18.8 Å². The third-order valence-corrected chi connectivity index (χ3v) is 4.58. The molecule has 0 saturated heterocycles. The zero-order valence-electron chi connectivity index (χ0n) is 11.0. The van der Waals surface area contributed by atoms with Crippen LogP contribution < -0.4 is 5.32 Å². The zero-order valence-corrected chi connectivity index (χ0v) is 12.6. The monoisotopic (exact) mass is 297 g/mol. The van der Waals surface area contributed by atoms with Crippen molar-refractivity contribution < 1.29 is 9.53 Å². The highest BCUT2D eigenvalue weighted by atomic mass is 32.1. The molecule has 7 heteroatoms. The highest BCUT2D eigenvalue weighted by molar-refractivity contribution is 7.17. The van der Waals surface area contributed by atoms with Gasteiger partial charge in [0.25, 0.3) is 0 Å². The van der Waals surface area contributed by atoms with Crippen LogP contribution >= 0.6 is 22.7 Å². The Morgan fingerprint density at radius 3 is 2.95 bits per heavy atom. The first kappa shape index (κ1) is 14.0. The van der Waals surface area contributed by atoms with E-state index in [2.05, 4.69) is 22.2 Å². The number of anilines is 1. The Balaban J connectivity index is 2.17. The van der Waals surface area contributed by atoms with E-state index in [1.54, 1.807) is 24.5 Å². The van der Waals surface area contributed by atoms with Crippen molar-refractivity contribution in [3.63, 3.8) is 0 Å². The molecule has 0 aliphatic carbocycles. The van der Waals surface area contributed by atoms with Gasteiger partial charge in [0, 0.05) is 11.6 Å². The summed E-state index contributed by atoms with van der Waals surface area (Å²) in [6.07, 6.45) is 2.69. The molecule has 2 heterocycles. The summed E-state index contributed by atoms with van der Waals surface area (Å²) in [5.41, 5.74) is 0.688. The van der Waals surface area contributed by atoms with E-state index < -0.39 is 0 Å². The van der Waals surface area contributed by atoms with E-state index in [0.717, 1.165) is 16.6 Å². The smallest absolute Gasteiger partial charge is 0.350 e. The molecule has 1 N–H and O–H groups in total. The van der Waals surface area contributed by atoms with Crippen LogP contribution in [0.2, 0.25) is 0 Å². The Morgan fingerprint density at radius 2 is 2.37 bits per heavy atom. The molecule has 0 fully saturated rings. The molecule has 5 nitrogen and oxygen atoms in total. The first-order valence-electron chi connectivity index (χ1n) is 5.87. The van der Waals surface area contributed by atoms with Crippen LogP contribution in [0.1, 0.15) is 39.8 Å². The predicted octanol–water partition coefficient (Wildman–Crippen LogP) is 3.26. The number of aryl methyl sites for hydroxylation is 1. The standard InChI is InChI=1S/C12H15N3O2S2/c1-4-8(10-13-5-6-18-10)15-12-14-7(2)9(19-12)11(16)17-3/h5-6,8H,4H2,1-3H3,(H,14,15). The first-order valence-corrected chi connectivity index (χ1v) is 7.57. The lowest BCUT2D eigenvalue weighted by Gasteiger charge is -2.12. The number of nitrogens with one attached hydrogen (secondary N) is 1. The van der Waals surface area contributed by atoms with Gasteiger partial charge in [0.15, 0.2) is 5.13 Å². The zero-order chi connectivity index (χ0) is 13.8. The number of thiazole rings is 2. The molecule has 0 saturated carbocycles. The third kappa shape index (κ3) is 3.10. The van der Waals surface area contributed by atoms with Crippen molar-refractivity contribution in [1.82, 2.24) is 9.97 Å². The summed E-state index contributed by atoms with van der Waals surface area (Å²) in [6.45, 7) is 3.89. The number of hydrogen-bond acceptors (Lipinski definition) is 7. The number of carbonyl (C=O) groups is 1. The SMILES string of the molecule is CCC(Nc1nc(C)c(C(=O)OC)s1)c1nccs1. The van der Waals surface area contributed by atoms with Gasteiger partial charge in [0.1, 0.15) is 9.88 Å². The van der Waals surface area contributed by atoms with E-state index in [-0.39, 0.29) is 12.0 Å². The average Bonchev–Trinajstić information content (AvgIpc) is 3.04. The van der Waals surface area contributed by atoms with Crippen LogP contribution in [0.15, 0.2) is 11.6 Å². The van der Waals surface area contributed by atoms with E-state index in [1.807, 2.05) is 5.38 Å². The Kier molecular flexibility index (Phi) is 4.49. The van der Waals surface area contributed by atoms with Gasteiger partial charge in [-0.2, -0.15) is 0 Å². The molecule has 2 aromatic rings. The van der Waals surface area contributed by atoms with Crippen LogP contribution in [0.3, 0.4) is 0 Å². The van der Waals surface area contributed by atoms with Gasteiger partial charge in [-0.05, 0) is 13.3 Å².